The molecular formula is C12H6Cl2N2. The Morgan fingerprint density at radius 3 is 2.69 bits per heavy atom. The Hall–Kier alpha value is -1.56. The molecule has 0 fully saturated rings. The highest BCUT2D eigenvalue weighted by molar-refractivity contribution is 6.34. The van der Waals surface area contributed by atoms with Crippen LogP contribution in [0.25, 0.3) is 11.1 Å². The van der Waals surface area contributed by atoms with Crippen LogP contribution in [0.4, 0.5) is 0 Å². The van der Waals surface area contributed by atoms with Crippen molar-refractivity contribution in [3.05, 3.63) is 52.3 Å². The highest BCUT2D eigenvalue weighted by Gasteiger charge is 2.08. The summed E-state index contributed by atoms with van der Waals surface area (Å²) in [5.41, 5.74) is 1.92. The van der Waals surface area contributed by atoms with Crippen LogP contribution in [-0.2, 0) is 0 Å². The normalized spacial score (nSPS) is 9.81. The lowest BCUT2D eigenvalue weighted by Crippen LogP contribution is -1.86. The molecule has 0 N–H and O–H groups in total. The maximum atomic E-state index is 8.84. The summed E-state index contributed by atoms with van der Waals surface area (Å²) in [6.07, 6.45) is 3.06. The number of halogens is 2. The summed E-state index contributed by atoms with van der Waals surface area (Å²) >= 11 is 12.0. The molecule has 1 heterocycles. The van der Waals surface area contributed by atoms with E-state index in [0.29, 0.717) is 21.2 Å². The number of nitriles is 1. The molecule has 0 atom stereocenters. The topological polar surface area (TPSA) is 36.7 Å². The van der Waals surface area contributed by atoms with Gasteiger partial charge in [-0.15, -0.1) is 0 Å². The molecule has 0 amide bonds. The second-order valence-corrected chi connectivity index (χ2v) is 3.99. The minimum Gasteiger partial charge on any atom is -0.263 e. The molecule has 0 radical (unpaired) electrons. The van der Waals surface area contributed by atoms with Crippen molar-refractivity contribution in [2.75, 3.05) is 0 Å². The second-order valence-electron chi connectivity index (χ2n) is 3.17. The van der Waals surface area contributed by atoms with Crippen LogP contribution in [0.15, 0.2) is 36.7 Å². The Balaban J connectivity index is 2.62. The molecule has 0 saturated carbocycles. The Bertz CT molecular complexity index is 573. The summed E-state index contributed by atoms with van der Waals surface area (Å²) < 4.78 is 0. The zero-order valence-corrected chi connectivity index (χ0v) is 9.63. The van der Waals surface area contributed by atoms with E-state index in [9.17, 15) is 0 Å². The predicted octanol–water partition coefficient (Wildman–Crippen LogP) is 3.93. The van der Waals surface area contributed by atoms with E-state index in [1.165, 1.54) is 6.20 Å². The maximum Gasteiger partial charge on any atom is 0.102 e. The fourth-order valence-electron chi connectivity index (χ4n) is 1.38. The smallest absolute Gasteiger partial charge is 0.102 e. The van der Waals surface area contributed by atoms with Gasteiger partial charge in [0.05, 0.1) is 10.6 Å². The van der Waals surface area contributed by atoms with E-state index in [4.69, 9.17) is 28.5 Å². The van der Waals surface area contributed by atoms with E-state index in [1.54, 1.807) is 18.3 Å². The van der Waals surface area contributed by atoms with Crippen molar-refractivity contribution in [2.45, 2.75) is 0 Å². The SMILES string of the molecule is N#Cc1cncc(-c2cccc(Cl)c2)c1Cl. The van der Waals surface area contributed by atoms with E-state index in [2.05, 4.69) is 4.98 Å². The van der Waals surface area contributed by atoms with Crippen molar-refractivity contribution in [3.63, 3.8) is 0 Å². The lowest BCUT2D eigenvalue weighted by molar-refractivity contribution is 1.30. The van der Waals surface area contributed by atoms with Gasteiger partial charge in [0.2, 0.25) is 0 Å². The Labute approximate surface area is 103 Å². The molecule has 1 aromatic heterocycles. The van der Waals surface area contributed by atoms with E-state index in [1.807, 2.05) is 18.2 Å². The Morgan fingerprint density at radius 1 is 1.19 bits per heavy atom. The predicted molar refractivity (Wildman–Crippen MR) is 64.4 cm³/mol. The first-order valence-electron chi connectivity index (χ1n) is 4.52. The summed E-state index contributed by atoms with van der Waals surface area (Å²) in [6, 6.07) is 9.25. The van der Waals surface area contributed by atoms with Gasteiger partial charge in [0.15, 0.2) is 0 Å². The van der Waals surface area contributed by atoms with Gasteiger partial charge in [-0.05, 0) is 17.7 Å². The molecule has 0 aliphatic rings. The second kappa shape index (κ2) is 4.52. The first kappa shape index (κ1) is 10.9. The third-order valence-electron chi connectivity index (χ3n) is 2.14. The molecule has 1 aromatic carbocycles. The van der Waals surface area contributed by atoms with E-state index < -0.39 is 0 Å². The van der Waals surface area contributed by atoms with Gasteiger partial charge in [-0.2, -0.15) is 5.26 Å². The molecule has 2 rings (SSSR count). The van der Waals surface area contributed by atoms with Crippen LogP contribution in [0.3, 0.4) is 0 Å². The molecule has 16 heavy (non-hydrogen) atoms. The molecule has 0 aliphatic heterocycles. The number of rotatable bonds is 1. The average Bonchev–Trinajstić information content (AvgIpc) is 2.29. The van der Waals surface area contributed by atoms with Gasteiger partial charge in [-0.3, -0.25) is 4.98 Å². The van der Waals surface area contributed by atoms with Gasteiger partial charge >= 0.3 is 0 Å². The van der Waals surface area contributed by atoms with Gasteiger partial charge in [0.1, 0.15) is 6.07 Å². The van der Waals surface area contributed by atoms with E-state index >= 15 is 0 Å². The zero-order valence-electron chi connectivity index (χ0n) is 8.11. The monoisotopic (exact) mass is 248 g/mol. The Kier molecular flexibility index (Phi) is 3.09. The number of hydrogen-bond donors (Lipinski definition) is 0. The quantitative estimate of drug-likeness (QED) is 0.767. The van der Waals surface area contributed by atoms with Crippen LogP contribution in [-0.4, -0.2) is 4.98 Å². The number of benzene rings is 1. The molecular weight excluding hydrogens is 243 g/mol. The van der Waals surface area contributed by atoms with Crippen LogP contribution in [0, 0.1) is 11.3 Å². The van der Waals surface area contributed by atoms with Gasteiger partial charge in [-0.1, -0.05) is 35.3 Å². The van der Waals surface area contributed by atoms with E-state index in [0.717, 1.165) is 5.56 Å². The van der Waals surface area contributed by atoms with Crippen molar-refractivity contribution in [1.29, 1.82) is 5.26 Å². The summed E-state index contributed by atoms with van der Waals surface area (Å²) in [7, 11) is 0. The van der Waals surface area contributed by atoms with Crippen LogP contribution in [0.2, 0.25) is 10.0 Å². The fourth-order valence-corrected chi connectivity index (χ4v) is 1.82. The number of aromatic nitrogens is 1. The van der Waals surface area contributed by atoms with Crippen LogP contribution in [0.5, 0.6) is 0 Å². The molecule has 0 spiro atoms. The molecule has 0 unspecified atom stereocenters. The number of pyridine rings is 1. The highest BCUT2D eigenvalue weighted by atomic mass is 35.5. The van der Waals surface area contributed by atoms with Gasteiger partial charge in [0, 0.05) is 23.0 Å². The van der Waals surface area contributed by atoms with Crippen molar-refractivity contribution in [3.8, 4) is 17.2 Å². The molecule has 2 aromatic rings. The lowest BCUT2D eigenvalue weighted by atomic mass is 10.1. The van der Waals surface area contributed by atoms with Crippen LogP contribution in [0.1, 0.15) is 5.56 Å². The van der Waals surface area contributed by atoms with Crippen molar-refractivity contribution in [2.24, 2.45) is 0 Å². The maximum absolute atomic E-state index is 8.84. The first-order chi connectivity index (χ1) is 7.72. The minimum atomic E-state index is 0.360. The average molecular weight is 249 g/mol. The number of nitrogens with zero attached hydrogens (tertiary/aromatic N) is 2. The van der Waals surface area contributed by atoms with Gasteiger partial charge < -0.3 is 0 Å². The third-order valence-corrected chi connectivity index (χ3v) is 2.78. The Morgan fingerprint density at radius 2 is 2.00 bits per heavy atom. The third kappa shape index (κ3) is 2.01. The molecule has 4 heteroatoms. The van der Waals surface area contributed by atoms with Crippen LogP contribution >= 0.6 is 23.2 Å². The van der Waals surface area contributed by atoms with Gasteiger partial charge in [-0.25, -0.2) is 0 Å². The summed E-state index contributed by atoms with van der Waals surface area (Å²) in [5.74, 6) is 0. The van der Waals surface area contributed by atoms with Crippen molar-refractivity contribution >= 4 is 23.2 Å². The highest BCUT2D eigenvalue weighted by Crippen LogP contribution is 2.30. The minimum absolute atomic E-state index is 0.360. The molecule has 0 aliphatic carbocycles. The molecule has 2 nitrogen and oxygen atoms in total. The summed E-state index contributed by atoms with van der Waals surface area (Å²) in [6.45, 7) is 0. The first-order valence-corrected chi connectivity index (χ1v) is 5.27. The fraction of sp³-hybridized carbons (Fsp3) is 0. The van der Waals surface area contributed by atoms with Crippen LogP contribution < -0.4 is 0 Å². The zero-order chi connectivity index (χ0) is 11.5. The van der Waals surface area contributed by atoms with Gasteiger partial charge in [0.25, 0.3) is 0 Å². The van der Waals surface area contributed by atoms with Crippen molar-refractivity contribution in [1.82, 2.24) is 4.98 Å². The van der Waals surface area contributed by atoms with E-state index in [-0.39, 0.29) is 0 Å². The lowest BCUT2D eigenvalue weighted by Gasteiger charge is -2.05. The largest absolute Gasteiger partial charge is 0.263 e. The molecule has 0 bridgehead atoms. The molecule has 0 saturated heterocycles. The number of hydrogen-bond acceptors (Lipinski definition) is 2. The summed E-state index contributed by atoms with van der Waals surface area (Å²) in [4.78, 5) is 3.97. The standard InChI is InChI=1S/C12H6Cl2N2/c13-10-3-1-2-8(4-10)11-7-16-6-9(5-15)12(11)14/h1-4,6-7H. The van der Waals surface area contributed by atoms with Crippen molar-refractivity contribution < 1.29 is 0 Å². The summed E-state index contributed by atoms with van der Waals surface area (Å²) in [5, 5.41) is 9.87. The molecule has 78 valence electrons.